The number of benzene rings is 1. The van der Waals surface area contributed by atoms with E-state index < -0.39 is 26.6 Å². The number of aryl methyl sites for hydroxylation is 1. The minimum Gasteiger partial charge on any atom is -0.207 e. The number of hydrogen-bond acceptors (Lipinski definition) is 3. The summed E-state index contributed by atoms with van der Waals surface area (Å²) in [5.74, 6) is -1.74. The van der Waals surface area contributed by atoms with Crippen molar-refractivity contribution in [2.75, 3.05) is 7.05 Å². The number of halogens is 2. The molecule has 2 rings (SSSR count). The van der Waals surface area contributed by atoms with Crippen molar-refractivity contribution in [3.05, 3.63) is 51.7 Å². The molecule has 0 bridgehead atoms. The summed E-state index contributed by atoms with van der Waals surface area (Å²) in [6.07, 6.45) is 0. The lowest BCUT2D eigenvalue weighted by molar-refractivity contribution is 0.460. The van der Waals surface area contributed by atoms with Crippen LogP contribution in [0.25, 0.3) is 0 Å². The lowest BCUT2D eigenvalue weighted by atomic mass is 10.3. The second kappa shape index (κ2) is 5.59. The van der Waals surface area contributed by atoms with Gasteiger partial charge in [-0.25, -0.2) is 17.2 Å². The van der Waals surface area contributed by atoms with Crippen LogP contribution in [-0.2, 0) is 16.6 Å². The summed E-state index contributed by atoms with van der Waals surface area (Å²) in [5.41, 5.74) is 0.969. The van der Waals surface area contributed by atoms with Gasteiger partial charge in [0.05, 0.1) is 0 Å². The molecule has 20 heavy (non-hydrogen) atoms. The summed E-state index contributed by atoms with van der Waals surface area (Å²) in [6, 6.07) is 4.27. The average Bonchev–Trinajstić information content (AvgIpc) is 2.78. The molecule has 2 aromatic rings. The van der Waals surface area contributed by atoms with Crippen LogP contribution in [0.15, 0.2) is 34.5 Å². The molecule has 3 nitrogen and oxygen atoms in total. The van der Waals surface area contributed by atoms with Gasteiger partial charge >= 0.3 is 0 Å². The average molecular weight is 317 g/mol. The standard InChI is InChI=1S/C13H13F2NO2S2/c1-9-5-6-19-12(9)8-16(2)20(17,18)13-7-10(14)3-4-11(13)15/h3-7H,8H2,1-2H3. The molecule has 0 aliphatic heterocycles. The third-order valence-electron chi connectivity index (χ3n) is 2.92. The first-order valence-electron chi connectivity index (χ1n) is 5.76. The van der Waals surface area contributed by atoms with Gasteiger partial charge in [0.1, 0.15) is 16.5 Å². The van der Waals surface area contributed by atoms with Gasteiger partial charge in [-0.15, -0.1) is 11.3 Å². The highest BCUT2D eigenvalue weighted by Crippen LogP contribution is 2.23. The van der Waals surface area contributed by atoms with Crippen LogP contribution in [0.2, 0.25) is 0 Å². The quantitative estimate of drug-likeness (QED) is 0.868. The van der Waals surface area contributed by atoms with E-state index in [1.165, 1.54) is 18.4 Å². The highest BCUT2D eigenvalue weighted by molar-refractivity contribution is 7.89. The van der Waals surface area contributed by atoms with Crippen molar-refractivity contribution in [1.29, 1.82) is 0 Å². The van der Waals surface area contributed by atoms with E-state index in [0.29, 0.717) is 6.07 Å². The maximum Gasteiger partial charge on any atom is 0.246 e. The van der Waals surface area contributed by atoms with Gasteiger partial charge in [0.2, 0.25) is 10.0 Å². The van der Waals surface area contributed by atoms with E-state index in [-0.39, 0.29) is 6.54 Å². The maximum atomic E-state index is 13.6. The number of thiophene rings is 1. The fourth-order valence-electron chi connectivity index (χ4n) is 1.70. The van der Waals surface area contributed by atoms with Crippen molar-refractivity contribution in [1.82, 2.24) is 4.31 Å². The molecule has 0 radical (unpaired) electrons. The van der Waals surface area contributed by atoms with Gasteiger partial charge in [0.25, 0.3) is 0 Å². The van der Waals surface area contributed by atoms with Crippen LogP contribution in [0.3, 0.4) is 0 Å². The van der Waals surface area contributed by atoms with E-state index >= 15 is 0 Å². The highest BCUT2D eigenvalue weighted by atomic mass is 32.2. The Bertz CT molecular complexity index is 726. The summed E-state index contributed by atoms with van der Waals surface area (Å²) in [4.78, 5) is 0.224. The lowest BCUT2D eigenvalue weighted by Crippen LogP contribution is -2.27. The van der Waals surface area contributed by atoms with Gasteiger partial charge in [0, 0.05) is 18.5 Å². The van der Waals surface area contributed by atoms with Crippen molar-refractivity contribution in [2.24, 2.45) is 0 Å². The normalized spacial score (nSPS) is 12.1. The van der Waals surface area contributed by atoms with Crippen molar-refractivity contribution < 1.29 is 17.2 Å². The maximum absolute atomic E-state index is 13.6. The summed E-state index contributed by atoms with van der Waals surface area (Å²) < 4.78 is 52.3. The van der Waals surface area contributed by atoms with Gasteiger partial charge in [-0.05, 0) is 42.1 Å². The number of sulfonamides is 1. The fraction of sp³-hybridized carbons (Fsp3) is 0.231. The third-order valence-corrected chi connectivity index (χ3v) is 5.74. The van der Waals surface area contributed by atoms with Crippen LogP contribution >= 0.6 is 11.3 Å². The predicted octanol–water partition coefficient (Wildman–Crippen LogP) is 3.16. The van der Waals surface area contributed by atoms with E-state index in [4.69, 9.17) is 0 Å². The van der Waals surface area contributed by atoms with Gasteiger partial charge < -0.3 is 0 Å². The Morgan fingerprint density at radius 2 is 1.95 bits per heavy atom. The Morgan fingerprint density at radius 1 is 1.25 bits per heavy atom. The second-order valence-corrected chi connectivity index (χ2v) is 7.38. The van der Waals surface area contributed by atoms with Crippen LogP contribution in [0.4, 0.5) is 8.78 Å². The monoisotopic (exact) mass is 317 g/mol. The zero-order chi connectivity index (χ0) is 14.9. The third kappa shape index (κ3) is 2.89. The second-order valence-electron chi connectivity index (χ2n) is 4.36. The molecule has 1 aromatic carbocycles. The van der Waals surface area contributed by atoms with Crippen molar-refractivity contribution in [2.45, 2.75) is 18.4 Å². The van der Waals surface area contributed by atoms with E-state index in [0.717, 1.165) is 26.9 Å². The molecular formula is C13H13F2NO2S2. The number of rotatable bonds is 4. The molecule has 0 fully saturated rings. The minimum absolute atomic E-state index is 0.127. The van der Waals surface area contributed by atoms with Crippen LogP contribution < -0.4 is 0 Å². The smallest absolute Gasteiger partial charge is 0.207 e. The van der Waals surface area contributed by atoms with E-state index in [1.807, 2.05) is 18.4 Å². The molecule has 0 unspecified atom stereocenters. The van der Waals surface area contributed by atoms with E-state index in [9.17, 15) is 17.2 Å². The Hall–Kier alpha value is -1.31. The zero-order valence-corrected chi connectivity index (χ0v) is 12.6. The van der Waals surface area contributed by atoms with Crippen molar-refractivity contribution in [3.63, 3.8) is 0 Å². The van der Waals surface area contributed by atoms with Gasteiger partial charge in [-0.3, -0.25) is 0 Å². The van der Waals surface area contributed by atoms with Gasteiger partial charge in [-0.2, -0.15) is 4.31 Å². The number of nitrogens with zero attached hydrogens (tertiary/aromatic N) is 1. The fourth-order valence-corrected chi connectivity index (χ4v) is 3.95. The Morgan fingerprint density at radius 3 is 2.55 bits per heavy atom. The highest BCUT2D eigenvalue weighted by Gasteiger charge is 2.25. The molecule has 108 valence electrons. The molecule has 1 aromatic heterocycles. The van der Waals surface area contributed by atoms with Crippen molar-refractivity contribution >= 4 is 21.4 Å². The molecule has 0 amide bonds. The molecular weight excluding hydrogens is 304 g/mol. The summed E-state index contributed by atoms with van der Waals surface area (Å²) >= 11 is 1.42. The van der Waals surface area contributed by atoms with Crippen LogP contribution in [0.1, 0.15) is 10.4 Å². The molecule has 0 atom stereocenters. The molecule has 0 saturated carbocycles. The lowest BCUT2D eigenvalue weighted by Gasteiger charge is -2.17. The van der Waals surface area contributed by atoms with Crippen LogP contribution in [0.5, 0.6) is 0 Å². The predicted molar refractivity (Wildman–Crippen MR) is 74.1 cm³/mol. The molecule has 1 heterocycles. The molecule has 7 heteroatoms. The molecule has 0 aliphatic rings. The first kappa shape index (κ1) is 15.1. The molecule has 0 aliphatic carbocycles. The summed E-state index contributed by atoms with van der Waals surface area (Å²) in [7, 11) is -2.71. The number of hydrogen-bond donors (Lipinski definition) is 0. The van der Waals surface area contributed by atoms with E-state index in [2.05, 4.69) is 0 Å². The topological polar surface area (TPSA) is 37.4 Å². The van der Waals surface area contributed by atoms with Crippen LogP contribution in [-0.4, -0.2) is 19.8 Å². The Balaban J connectivity index is 2.35. The van der Waals surface area contributed by atoms with E-state index in [1.54, 1.807) is 0 Å². The van der Waals surface area contributed by atoms with Gasteiger partial charge in [-0.1, -0.05) is 0 Å². The van der Waals surface area contributed by atoms with Crippen LogP contribution in [0, 0.1) is 18.6 Å². The molecule has 0 saturated heterocycles. The molecule has 0 N–H and O–H groups in total. The van der Waals surface area contributed by atoms with Crippen molar-refractivity contribution in [3.8, 4) is 0 Å². The summed E-state index contributed by atoms with van der Waals surface area (Å²) in [5, 5.41) is 1.86. The first-order chi connectivity index (χ1) is 9.32. The first-order valence-corrected chi connectivity index (χ1v) is 8.08. The molecule has 0 spiro atoms. The Labute approximate surface area is 120 Å². The summed E-state index contributed by atoms with van der Waals surface area (Å²) in [6.45, 7) is 2.00. The van der Waals surface area contributed by atoms with Gasteiger partial charge in [0.15, 0.2) is 0 Å². The minimum atomic E-state index is -4.06. The SMILES string of the molecule is Cc1ccsc1CN(C)S(=O)(=O)c1cc(F)ccc1F. The largest absolute Gasteiger partial charge is 0.246 e. The Kier molecular flexibility index (Phi) is 4.22. The zero-order valence-electron chi connectivity index (χ0n) is 10.9.